The average molecular weight is 248 g/mol. The molecule has 4 rings (SSSR count). The van der Waals surface area contributed by atoms with Crippen molar-refractivity contribution in [3.63, 3.8) is 0 Å². The van der Waals surface area contributed by atoms with Gasteiger partial charge in [-0.05, 0) is 56.8 Å². The molecule has 0 aromatic rings. The molecular weight excluding hydrogens is 228 g/mol. The summed E-state index contributed by atoms with van der Waals surface area (Å²) in [6.07, 6.45) is 4.07. The Kier molecular flexibility index (Phi) is 1.86. The van der Waals surface area contributed by atoms with Crippen LogP contribution in [-0.4, -0.2) is 34.8 Å². The zero-order valence-corrected chi connectivity index (χ0v) is 11.0. The molecule has 0 aromatic heterocycles. The van der Waals surface area contributed by atoms with Crippen LogP contribution in [0.3, 0.4) is 0 Å². The summed E-state index contributed by atoms with van der Waals surface area (Å²) in [5, 5.41) is 2.79. The highest BCUT2D eigenvalue weighted by atomic mass is 16.2. The third-order valence-electron chi connectivity index (χ3n) is 5.62. The summed E-state index contributed by atoms with van der Waals surface area (Å²) in [7, 11) is 0. The van der Waals surface area contributed by atoms with Crippen LogP contribution >= 0.6 is 0 Å². The van der Waals surface area contributed by atoms with E-state index in [2.05, 4.69) is 5.32 Å². The van der Waals surface area contributed by atoms with Gasteiger partial charge in [0, 0.05) is 6.04 Å². The van der Waals surface area contributed by atoms with Crippen LogP contribution in [0.5, 0.6) is 0 Å². The van der Waals surface area contributed by atoms with E-state index >= 15 is 0 Å². The first-order valence-electron chi connectivity index (χ1n) is 7.11. The first-order chi connectivity index (χ1) is 8.49. The summed E-state index contributed by atoms with van der Waals surface area (Å²) in [4.78, 5) is 26.1. The van der Waals surface area contributed by atoms with Crippen LogP contribution in [0.4, 0.5) is 0 Å². The Morgan fingerprint density at radius 3 is 2.39 bits per heavy atom. The number of amides is 2. The fourth-order valence-electron chi connectivity index (χ4n) is 4.96. The summed E-state index contributed by atoms with van der Waals surface area (Å²) in [6.45, 7) is 3.90. The first-order valence-corrected chi connectivity index (χ1v) is 7.11. The van der Waals surface area contributed by atoms with Gasteiger partial charge in [0.2, 0.25) is 11.8 Å². The Morgan fingerprint density at radius 1 is 1.17 bits per heavy atom. The predicted molar refractivity (Wildman–Crippen MR) is 65.5 cm³/mol. The summed E-state index contributed by atoms with van der Waals surface area (Å²) in [5.74, 6) is 3.22. The fourth-order valence-corrected chi connectivity index (χ4v) is 4.96. The maximum absolute atomic E-state index is 12.5. The van der Waals surface area contributed by atoms with Gasteiger partial charge in [0.1, 0.15) is 5.54 Å². The lowest BCUT2D eigenvalue weighted by molar-refractivity contribution is -0.149. The second kappa shape index (κ2) is 3.09. The molecule has 18 heavy (non-hydrogen) atoms. The van der Waals surface area contributed by atoms with Gasteiger partial charge in [-0.3, -0.25) is 9.59 Å². The number of hydrogen-bond acceptors (Lipinski definition) is 2. The molecule has 0 spiro atoms. The molecule has 4 fully saturated rings. The monoisotopic (exact) mass is 248 g/mol. The van der Waals surface area contributed by atoms with Gasteiger partial charge in [-0.25, -0.2) is 0 Å². The van der Waals surface area contributed by atoms with Crippen molar-refractivity contribution in [3.05, 3.63) is 0 Å². The first kappa shape index (κ1) is 10.8. The van der Waals surface area contributed by atoms with Crippen molar-refractivity contribution < 1.29 is 9.59 Å². The third-order valence-corrected chi connectivity index (χ3v) is 5.62. The van der Waals surface area contributed by atoms with Gasteiger partial charge in [-0.1, -0.05) is 0 Å². The number of carbonyl (C=O) groups is 2. The van der Waals surface area contributed by atoms with E-state index in [0.717, 1.165) is 23.7 Å². The molecule has 0 radical (unpaired) electrons. The molecule has 4 heteroatoms. The van der Waals surface area contributed by atoms with Crippen molar-refractivity contribution in [1.82, 2.24) is 10.2 Å². The van der Waals surface area contributed by atoms with E-state index in [0.29, 0.717) is 6.04 Å². The average Bonchev–Trinajstić information content (AvgIpc) is 2.72. The number of nitrogens with one attached hydrogen (secondary N) is 1. The molecule has 3 saturated carbocycles. The molecule has 1 saturated heterocycles. The van der Waals surface area contributed by atoms with Crippen molar-refractivity contribution >= 4 is 11.8 Å². The molecule has 1 aliphatic heterocycles. The highest BCUT2D eigenvalue weighted by Gasteiger charge is 2.68. The fraction of sp³-hybridized carbons (Fsp3) is 0.857. The van der Waals surface area contributed by atoms with Crippen molar-refractivity contribution in [2.75, 3.05) is 6.54 Å². The molecule has 4 aliphatic rings. The van der Waals surface area contributed by atoms with Crippen LogP contribution in [0.25, 0.3) is 0 Å². The van der Waals surface area contributed by atoms with Gasteiger partial charge < -0.3 is 10.2 Å². The van der Waals surface area contributed by atoms with Crippen molar-refractivity contribution in [2.24, 2.45) is 23.7 Å². The normalized spacial score (nSPS) is 48.1. The highest BCUT2D eigenvalue weighted by molar-refractivity contribution is 5.97. The maximum Gasteiger partial charge on any atom is 0.248 e. The Balaban J connectivity index is 1.59. The zero-order valence-electron chi connectivity index (χ0n) is 11.0. The minimum Gasteiger partial charge on any atom is -0.341 e. The minimum atomic E-state index is -0.717. The largest absolute Gasteiger partial charge is 0.341 e. The number of carbonyl (C=O) groups excluding carboxylic acids is 2. The molecule has 4 unspecified atom stereocenters. The van der Waals surface area contributed by atoms with Gasteiger partial charge in [-0.15, -0.1) is 0 Å². The summed E-state index contributed by atoms with van der Waals surface area (Å²) in [5.41, 5.74) is -0.717. The number of rotatable bonds is 1. The second-order valence-electron chi connectivity index (χ2n) is 7.08. The lowest BCUT2D eigenvalue weighted by atomic mass is 9.98. The molecule has 3 aliphatic carbocycles. The molecule has 4 atom stereocenters. The maximum atomic E-state index is 12.5. The van der Waals surface area contributed by atoms with Crippen LogP contribution in [0.15, 0.2) is 0 Å². The second-order valence-corrected chi connectivity index (χ2v) is 7.08. The zero-order chi connectivity index (χ0) is 12.7. The van der Waals surface area contributed by atoms with E-state index in [1.165, 1.54) is 19.3 Å². The SMILES string of the molecule is CC1(C)NC(=O)CN(C2C3C4CCC(C4)C32)C1=O. The number of fused-ring (bicyclic) bond motifs is 5. The smallest absolute Gasteiger partial charge is 0.248 e. The molecule has 2 bridgehead atoms. The van der Waals surface area contributed by atoms with Crippen LogP contribution < -0.4 is 5.32 Å². The quantitative estimate of drug-likeness (QED) is 0.745. The van der Waals surface area contributed by atoms with Gasteiger partial charge >= 0.3 is 0 Å². The van der Waals surface area contributed by atoms with Gasteiger partial charge in [0.15, 0.2) is 0 Å². The van der Waals surface area contributed by atoms with Crippen LogP contribution in [0.2, 0.25) is 0 Å². The van der Waals surface area contributed by atoms with Crippen molar-refractivity contribution in [1.29, 1.82) is 0 Å². The van der Waals surface area contributed by atoms with Crippen LogP contribution in [0.1, 0.15) is 33.1 Å². The topological polar surface area (TPSA) is 49.4 Å². The number of piperazine rings is 1. The standard InChI is InChI=1S/C14H20N2O2/c1-14(2)13(18)16(6-9(17)15-14)12-10-7-3-4-8(5-7)11(10)12/h7-8,10-12H,3-6H2,1-2H3,(H,15,17). The van der Waals surface area contributed by atoms with E-state index in [-0.39, 0.29) is 18.4 Å². The molecule has 4 nitrogen and oxygen atoms in total. The Labute approximate surface area is 107 Å². The van der Waals surface area contributed by atoms with Crippen LogP contribution in [0, 0.1) is 23.7 Å². The number of hydrogen-bond donors (Lipinski definition) is 1. The molecule has 1 heterocycles. The molecule has 98 valence electrons. The highest BCUT2D eigenvalue weighted by Crippen LogP contribution is 2.67. The predicted octanol–water partition coefficient (Wildman–Crippen LogP) is 0.768. The van der Waals surface area contributed by atoms with E-state index in [4.69, 9.17) is 0 Å². The van der Waals surface area contributed by atoms with Gasteiger partial charge in [-0.2, -0.15) is 0 Å². The molecule has 2 amide bonds. The molecule has 0 aromatic carbocycles. The third kappa shape index (κ3) is 1.21. The van der Waals surface area contributed by atoms with Crippen LogP contribution in [-0.2, 0) is 9.59 Å². The van der Waals surface area contributed by atoms with Crippen molar-refractivity contribution in [3.8, 4) is 0 Å². The molecular formula is C14H20N2O2. The molecule has 1 N–H and O–H groups in total. The van der Waals surface area contributed by atoms with Gasteiger partial charge in [0.05, 0.1) is 6.54 Å². The summed E-state index contributed by atoms with van der Waals surface area (Å²) in [6, 6.07) is 0.383. The van der Waals surface area contributed by atoms with Crippen molar-refractivity contribution in [2.45, 2.75) is 44.7 Å². The summed E-state index contributed by atoms with van der Waals surface area (Å²) >= 11 is 0. The van der Waals surface area contributed by atoms with E-state index in [1.54, 1.807) is 0 Å². The Bertz CT molecular complexity index is 429. The number of nitrogens with zero attached hydrogens (tertiary/aromatic N) is 1. The lowest BCUT2D eigenvalue weighted by Gasteiger charge is -2.38. The minimum absolute atomic E-state index is 0.00285. The van der Waals surface area contributed by atoms with Gasteiger partial charge in [0.25, 0.3) is 0 Å². The Hall–Kier alpha value is -1.06. The van der Waals surface area contributed by atoms with E-state index in [9.17, 15) is 9.59 Å². The lowest BCUT2D eigenvalue weighted by Crippen LogP contribution is -2.64. The summed E-state index contributed by atoms with van der Waals surface area (Å²) < 4.78 is 0. The van der Waals surface area contributed by atoms with E-state index in [1.807, 2.05) is 18.7 Å². The Morgan fingerprint density at radius 2 is 1.78 bits per heavy atom. The van der Waals surface area contributed by atoms with E-state index < -0.39 is 5.54 Å².